The zero-order chi connectivity index (χ0) is 17.6. The van der Waals surface area contributed by atoms with Gasteiger partial charge in [0.1, 0.15) is 0 Å². The molecule has 1 heterocycles. The molecule has 0 unspecified atom stereocenters. The van der Waals surface area contributed by atoms with E-state index < -0.39 is 0 Å². The third-order valence-corrected chi connectivity index (χ3v) is 5.43. The summed E-state index contributed by atoms with van der Waals surface area (Å²) in [7, 11) is 2.20. The summed E-state index contributed by atoms with van der Waals surface area (Å²) in [6, 6.07) is 1.24. The fourth-order valence-electron chi connectivity index (χ4n) is 2.60. The Morgan fingerprint density at radius 3 is 2.50 bits per heavy atom. The molecule has 0 bridgehead atoms. The van der Waals surface area contributed by atoms with E-state index >= 15 is 0 Å². The van der Waals surface area contributed by atoms with Crippen LogP contribution < -0.4 is 10.6 Å². The van der Waals surface area contributed by atoms with Crippen LogP contribution in [-0.4, -0.2) is 74.8 Å². The van der Waals surface area contributed by atoms with Crippen LogP contribution in [0.5, 0.6) is 0 Å². The second kappa shape index (κ2) is 14.5. The van der Waals surface area contributed by atoms with Gasteiger partial charge in [0.05, 0.1) is 26.4 Å². The lowest BCUT2D eigenvalue weighted by molar-refractivity contribution is 0.0368. The number of rotatable bonds is 12. The maximum absolute atomic E-state index is 11.1. The van der Waals surface area contributed by atoms with Gasteiger partial charge >= 0.3 is 0 Å². The summed E-state index contributed by atoms with van der Waals surface area (Å²) < 4.78 is 11.0. The van der Waals surface area contributed by atoms with E-state index in [1.807, 2.05) is 0 Å². The van der Waals surface area contributed by atoms with Gasteiger partial charge in [-0.25, -0.2) is 0 Å². The minimum atomic E-state index is -0.0952. The van der Waals surface area contributed by atoms with E-state index in [4.69, 9.17) is 9.47 Å². The molecule has 0 radical (unpaired) electrons. The predicted molar refractivity (Wildman–Crippen MR) is 107 cm³/mol. The number of likely N-dealkylation sites (tertiary alicyclic amines) is 1. The molecule has 0 aromatic rings. The van der Waals surface area contributed by atoms with Crippen molar-refractivity contribution in [2.45, 2.75) is 38.8 Å². The van der Waals surface area contributed by atoms with Crippen LogP contribution in [0.15, 0.2) is 0 Å². The molecule has 0 atom stereocenters. The summed E-state index contributed by atoms with van der Waals surface area (Å²) in [4.78, 5) is 13.6. The number of hydrogen-bond acceptors (Lipinski definition) is 8. The smallest absolute Gasteiger partial charge is 0.290 e. The molecule has 0 spiro atoms. The Morgan fingerprint density at radius 2 is 1.88 bits per heavy atom. The van der Waals surface area contributed by atoms with E-state index in [9.17, 15) is 4.79 Å². The first kappa shape index (κ1) is 22.4. The first-order chi connectivity index (χ1) is 11.6. The fraction of sp³-hybridized carbons (Fsp3) is 0.933. The molecule has 1 aliphatic rings. The lowest BCUT2D eigenvalue weighted by Gasteiger charge is -2.33. The Hall–Kier alpha value is 0.360. The Balaban J connectivity index is 1.85. The lowest BCUT2D eigenvalue weighted by atomic mass is 10.0. The normalized spacial score (nSPS) is 16.7. The van der Waals surface area contributed by atoms with Gasteiger partial charge < -0.3 is 25.0 Å². The molecule has 0 aromatic heterocycles. The number of carbonyl (C=O) groups excluding carboxylic acids is 1. The molecule has 1 fully saturated rings. The molecule has 0 aliphatic carbocycles. The van der Waals surface area contributed by atoms with Gasteiger partial charge in [-0.2, -0.15) is 0 Å². The van der Waals surface area contributed by atoms with Gasteiger partial charge in [0, 0.05) is 36.0 Å². The Morgan fingerprint density at radius 1 is 1.21 bits per heavy atom. The Bertz CT molecular complexity index is 330. The average Bonchev–Trinajstić information content (AvgIpc) is 2.54. The van der Waals surface area contributed by atoms with Gasteiger partial charge in [-0.1, -0.05) is 25.5 Å². The lowest BCUT2D eigenvalue weighted by Crippen LogP contribution is -2.45. The predicted octanol–water partition coefficient (Wildman–Crippen LogP) is 2.42. The monoisotopic (exact) mass is 397 g/mol. The number of thiol groups is 1. The van der Waals surface area contributed by atoms with Crippen LogP contribution in [0.1, 0.15) is 26.7 Å². The van der Waals surface area contributed by atoms with E-state index in [1.165, 1.54) is 12.8 Å². The van der Waals surface area contributed by atoms with E-state index in [2.05, 4.69) is 41.0 Å². The number of nitrogens with one attached hydrogen (secondary N) is 2. The molecule has 1 saturated heterocycles. The highest BCUT2D eigenvalue weighted by Gasteiger charge is 2.18. The second-order valence-corrected chi connectivity index (χ2v) is 9.01. The van der Waals surface area contributed by atoms with Crippen LogP contribution in [0, 0.1) is 0 Å². The summed E-state index contributed by atoms with van der Waals surface area (Å²) in [5.74, 6) is 0. The number of piperidine rings is 1. The molecule has 1 rings (SSSR count). The summed E-state index contributed by atoms with van der Waals surface area (Å²) in [5.41, 5.74) is 0. The molecule has 0 aromatic carbocycles. The summed E-state index contributed by atoms with van der Waals surface area (Å²) in [6.45, 7) is 10.6. The van der Waals surface area contributed by atoms with Crippen LogP contribution in [-0.2, 0) is 9.47 Å². The molecule has 2 N–H and O–H groups in total. The van der Waals surface area contributed by atoms with Crippen molar-refractivity contribution in [3.63, 3.8) is 0 Å². The first-order valence-corrected chi connectivity index (χ1v) is 11.7. The zero-order valence-electron chi connectivity index (χ0n) is 14.7. The zero-order valence-corrected chi connectivity index (χ0v) is 17.2. The van der Waals surface area contributed by atoms with Crippen molar-refractivity contribution in [3.8, 4) is 0 Å². The summed E-state index contributed by atoms with van der Waals surface area (Å²) in [5, 5.41) is 6.24. The fourth-order valence-corrected chi connectivity index (χ4v) is 3.82. The van der Waals surface area contributed by atoms with Gasteiger partial charge in [-0.3, -0.25) is 4.79 Å². The van der Waals surface area contributed by atoms with Gasteiger partial charge in [0.2, 0.25) is 0 Å². The van der Waals surface area contributed by atoms with E-state index in [1.54, 1.807) is 0 Å². The first-order valence-electron chi connectivity index (χ1n) is 8.51. The SMILES string of the molecule is CC(C)NC1CCN(CCOCCOCCNC(=O)SSS)CC1. The van der Waals surface area contributed by atoms with Crippen molar-refractivity contribution in [1.29, 1.82) is 0 Å². The van der Waals surface area contributed by atoms with Gasteiger partial charge in [0.25, 0.3) is 5.24 Å². The molecule has 0 saturated carbocycles. The van der Waals surface area contributed by atoms with Crippen molar-refractivity contribution < 1.29 is 14.3 Å². The van der Waals surface area contributed by atoms with Gasteiger partial charge in [-0.05, 0) is 35.8 Å². The number of hydrogen-bond donors (Lipinski definition) is 3. The van der Waals surface area contributed by atoms with E-state index in [-0.39, 0.29) is 5.24 Å². The molecule has 9 heteroatoms. The number of nitrogens with zero attached hydrogens (tertiary/aromatic N) is 1. The summed E-state index contributed by atoms with van der Waals surface area (Å²) >= 11 is 3.89. The van der Waals surface area contributed by atoms with Crippen molar-refractivity contribution >= 4 is 37.5 Å². The minimum Gasteiger partial charge on any atom is -0.378 e. The molecule has 1 amide bonds. The largest absolute Gasteiger partial charge is 0.378 e. The van der Waals surface area contributed by atoms with E-state index in [0.717, 1.165) is 46.9 Å². The van der Waals surface area contributed by atoms with Gasteiger partial charge in [-0.15, -0.1) is 0 Å². The Kier molecular flexibility index (Phi) is 13.6. The molecule has 24 heavy (non-hydrogen) atoms. The second-order valence-electron chi connectivity index (χ2n) is 6.03. The average molecular weight is 398 g/mol. The van der Waals surface area contributed by atoms with Crippen LogP contribution in [0.3, 0.4) is 0 Å². The maximum Gasteiger partial charge on any atom is 0.290 e. The van der Waals surface area contributed by atoms with Crippen LogP contribution in [0.4, 0.5) is 4.79 Å². The van der Waals surface area contributed by atoms with Crippen molar-refractivity contribution in [1.82, 2.24) is 15.5 Å². The van der Waals surface area contributed by atoms with Crippen molar-refractivity contribution in [2.75, 3.05) is 52.6 Å². The third-order valence-electron chi connectivity index (χ3n) is 3.71. The molecule has 1 aliphatic heterocycles. The number of amides is 1. The topological polar surface area (TPSA) is 62.8 Å². The van der Waals surface area contributed by atoms with Gasteiger partial charge in [0.15, 0.2) is 0 Å². The minimum absolute atomic E-state index is 0.0952. The standard InChI is InChI=1S/C15H31N3O3S3/c1-13(2)17-14-3-6-18(7-4-14)8-10-21-12-11-20-9-5-16-15(19)23-24-22/h13-14,17,22H,3-12H2,1-2H3,(H,16,19). The van der Waals surface area contributed by atoms with Crippen LogP contribution in [0.25, 0.3) is 0 Å². The highest BCUT2D eigenvalue weighted by molar-refractivity contribution is 9.08. The van der Waals surface area contributed by atoms with Crippen LogP contribution in [0.2, 0.25) is 0 Å². The maximum atomic E-state index is 11.1. The highest BCUT2D eigenvalue weighted by atomic mass is 33.5. The van der Waals surface area contributed by atoms with Crippen LogP contribution >= 0.6 is 32.3 Å². The number of ether oxygens (including phenoxy) is 2. The van der Waals surface area contributed by atoms with E-state index in [0.29, 0.717) is 38.4 Å². The third kappa shape index (κ3) is 11.8. The Labute approximate surface area is 158 Å². The molecule has 6 nitrogen and oxygen atoms in total. The molecular formula is C15H31N3O3S3. The number of carbonyl (C=O) groups is 1. The summed E-state index contributed by atoms with van der Waals surface area (Å²) in [6.07, 6.45) is 2.44. The molecular weight excluding hydrogens is 366 g/mol. The van der Waals surface area contributed by atoms with Crippen molar-refractivity contribution in [2.24, 2.45) is 0 Å². The van der Waals surface area contributed by atoms with Crippen molar-refractivity contribution in [3.05, 3.63) is 0 Å². The highest BCUT2D eigenvalue weighted by Crippen LogP contribution is 2.24. The molecule has 142 valence electrons. The quantitative estimate of drug-likeness (QED) is 0.265.